The Kier molecular flexibility index (Phi) is 2.59. The molecule has 0 saturated heterocycles. The summed E-state index contributed by atoms with van der Waals surface area (Å²) < 4.78 is 0. The Bertz CT molecular complexity index is 1010. The van der Waals surface area contributed by atoms with Gasteiger partial charge in [-0.05, 0) is 12.5 Å². The van der Waals surface area contributed by atoms with Gasteiger partial charge >= 0.3 is 0 Å². The summed E-state index contributed by atoms with van der Waals surface area (Å²) in [6, 6.07) is 17.9. The lowest BCUT2D eigenvalue weighted by Crippen LogP contribution is -2.18. The summed E-state index contributed by atoms with van der Waals surface area (Å²) in [6.45, 7) is 2.00. The number of nitrogens with one attached hydrogen (secondary N) is 2. The molecule has 116 valence electrons. The molecule has 0 bridgehead atoms. The zero-order chi connectivity index (χ0) is 16.3. The molecule has 24 heavy (non-hydrogen) atoms. The van der Waals surface area contributed by atoms with Crippen molar-refractivity contribution in [2.45, 2.75) is 12.8 Å². The number of benzene rings is 2. The van der Waals surface area contributed by atoms with E-state index in [0.717, 1.165) is 45.0 Å². The van der Waals surface area contributed by atoms with E-state index in [9.17, 15) is 4.79 Å². The van der Waals surface area contributed by atoms with Crippen molar-refractivity contribution in [3.05, 3.63) is 88.1 Å². The molecule has 0 saturated carbocycles. The van der Waals surface area contributed by atoms with Crippen LogP contribution in [0.3, 0.4) is 0 Å². The van der Waals surface area contributed by atoms with E-state index < -0.39 is 0 Å². The van der Waals surface area contributed by atoms with Crippen LogP contribution in [0.25, 0.3) is 5.70 Å². The highest BCUT2D eigenvalue weighted by Gasteiger charge is 2.41. The van der Waals surface area contributed by atoms with Gasteiger partial charge in [0.1, 0.15) is 0 Å². The maximum atomic E-state index is 13.1. The predicted octanol–water partition coefficient (Wildman–Crippen LogP) is 3.88. The van der Waals surface area contributed by atoms with Gasteiger partial charge in [0, 0.05) is 33.9 Å². The Morgan fingerprint density at radius 2 is 1.67 bits per heavy atom. The highest BCUT2D eigenvalue weighted by Crippen LogP contribution is 2.49. The lowest BCUT2D eigenvalue weighted by Gasteiger charge is -2.26. The molecule has 4 nitrogen and oxygen atoms in total. The molecule has 0 spiro atoms. The summed E-state index contributed by atoms with van der Waals surface area (Å²) in [5.74, 6) is 0.814. The van der Waals surface area contributed by atoms with Crippen molar-refractivity contribution in [1.29, 1.82) is 0 Å². The maximum Gasteiger partial charge on any atom is 0.192 e. The van der Waals surface area contributed by atoms with E-state index in [1.807, 2.05) is 49.4 Å². The number of hydrogen-bond donors (Lipinski definition) is 2. The molecule has 2 heterocycles. The molecule has 3 aromatic rings. The van der Waals surface area contributed by atoms with Crippen molar-refractivity contribution in [2.75, 3.05) is 5.32 Å². The molecular formula is C20H15N3O. The number of carbonyl (C=O) groups excluding carboxylic acids is 1. The second kappa shape index (κ2) is 4.68. The van der Waals surface area contributed by atoms with Gasteiger partial charge in [0.25, 0.3) is 0 Å². The number of fused-ring (bicyclic) bond motifs is 3. The van der Waals surface area contributed by atoms with Gasteiger partial charge in [-0.2, -0.15) is 5.10 Å². The number of aromatic nitrogens is 2. The van der Waals surface area contributed by atoms with Crippen LogP contribution in [0.15, 0.2) is 60.2 Å². The second-order valence-electron chi connectivity index (χ2n) is 6.24. The standard InChI is InChI=1S/C20H15N3O/c1-11-15-16(12-7-3-2-4-8-12)17-18(21-20(15)23-22-11)13-9-5-6-10-14(13)19(17)24/h2-10,16H,1H3,(H2,21,22,23). The van der Waals surface area contributed by atoms with Crippen LogP contribution in [0.4, 0.5) is 5.82 Å². The lowest BCUT2D eigenvalue weighted by atomic mass is 9.81. The number of H-pyrrole nitrogens is 1. The van der Waals surface area contributed by atoms with Gasteiger partial charge in [-0.15, -0.1) is 0 Å². The summed E-state index contributed by atoms with van der Waals surface area (Å²) in [5.41, 5.74) is 6.59. The van der Waals surface area contributed by atoms with E-state index in [1.54, 1.807) is 0 Å². The average molecular weight is 313 g/mol. The third kappa shape index (κ3) is 1.62. The first-order valence-corrected chi connectivity index (χ1v) is 8.01. The zero-order valence-electron chi connectivity index (χ0n) is 13.1. The van der Waals surface area contributed by atoms with Gasteiger partial charge in [-0.1, -0.05) is 54.6 Å². The minimum absolute atomic E-state index is 0.101. The Labute approximate surface area is 139 Å². The van der Waals surface area contributed by atoms with Crippen LogP contribution >= 0.6 is 0 Å². The number of anilines is 1. The summed E-state index contributed by atoms with van der Waals surface area (Å²) in [7, 11) is 0. The van der Waals surface area contributed by atoms with Crippen molar-refractivity contribution < 1.29 is 4.79 Å². The number of carbonyl (C=O) groups is 1. The molecule has 1 unspecified atom stereocenters. The molecule has 1 aliphatic carbocycles. The van der Waals surface area contributed by atoms with Crippen LogP contribution in [0.5, 0.6) is 0 Å². The van der Waals surface area contributed by atoms with Crippen LogP contribution in [0.2, 0.25) is 0 Å². The average Bonchev–Trinajstić information content (AvgIpc) is 3.14. The topological polar surface area (TPSA) is 57.8 Å². The first-order chi connectivity index (χ1) is 11.8. The number of Topliss-reactive ketones (excluding diaryl/α,β-unsaturated/α-hetero) is 1. The molecule has 5 rings (SSSR count). The van der Waals surface area contributed by atoms with Gasteiger partial charge in [0.05, 0.1) is 5.70 Å². The normalized spacial score (nSPS) is 18.0. The van der Waals surface area contributed by atoms with Gasteiger partial charge in [0.15, 0.2) is 11.6 Å². The number of nitrogens with zero attached hydrogens (tertiary/aromatic N) is 1. The molecule has 2 aliphatic rings. The zero-order valence-corrected chi connectivity index (χ0v) is 13.1. The van der Waals surface area contributed by atoms with E-state index >= 15 is 0 Å². The van der Waals surface area contributed by atoms with E-state index in [-0.39, 0.29) is 11.7 Å². The first-order valence-electron chi connectivity index (χ1n) is 8.01. The predicted molar refractivity (Wildman–Crippen MR) is 92.9 cm³/mol. The Morgan fingerprint density at radius 1 is 0.958 bits per heavy atom. The Hall–Kier alpha value is -3.14. The molecule has 2 N–H and O–H groups in total. The molecule has 0 fully saturated rings. The number of rotatable bonds is 1. The smallest absolute Gasteiger partial charge is 0.192 e. The largest absolute Gasteiger partial charge is 0.338 e. The molecule has 4 heteroatoms. The van der Waals surface area contributed by atoms with Crippen LogP contribution in [-0.4, -0.2) is 16.0 Å². The summed E-state index contributed by atoms with van der Waals surface area (Å²) >= 11 is 0. The van der Waals surface area contributed by atoms with Crippen LogP contribution in [0.1, 0.15) is 38.7 Å². The molecule has 2 aromatic carbocycles. The first kappa shape index (κ1) is 13.3. The molecule has 1 aromatic heterocycles. The quantitative estimate of drug-likeness (QED) is 0.717. The van der Waals surface area contributed by atoms with E-state index in [0.29, 0.717) is 0 Å². The van der Waals surface area contributed by atoms with Gasteiger partial charge < -0.3 is 5.32 Å². The highest BCUT2D eigenvalue weighted by atomic mass is 16.1. The number of hydrogen-bond acceptors (Lipinski definition) is 3. The Balaban J connectivity index is 1.81. The minimum atomic E-state index is -0.101. The van der Waals surface area contributed by atoms with E-state index in [4.69, 9.17) is 0 Å². The monoisotopic (exact) mass is 313 g/mol. The van der Waals surface area contributed by atoms with Crippen LogP contribution < -0.4 is 5.32 Å². The van der Waals surface area contributed by atoms with Gasteiger partial charge in [-0.25, -0.2) is 0 Å². The van der Waals surface area contributed by atoms with Crippen molar-refractivity contribution in [3.8, 4) is 0 Å². The fourth-order valence-corrected chi connectivity index (χ4v) is 3.84. The third-order valence-corrected chi connectivity index (χ3v) is 4.90. The summed E-state index contributed by atoms with van der Waals surface area (Å²) in [6.07, 6.45) is 0. The number of ketones is 1. The molecular weight excluding hydrogens is 298 g/mol. The van der Waals surface area contributed by atoms with Gasteiger partial charge in [0.2, 0.25) is 0 Å². The molecule has 1 atom stereocenters. The highest BCUT2D eigenvalue weighted by molar-refractivity contribution is 6.23. The summed E-state index contributed by atoms with van der Waals surface area (Å²) in [4.78, 5) is 13.1. The van der Waals surface area contributed by atoms with Crippen LogP contribution in [0, 0.1) is 6.92 Å². The van der Waals surface area contributed by atoms with Crippen molar-refractivity contribution in [1.82, 2.24) is 10.2 Å². The van der Waals surface area contributed by atoms with Crippen molar-refractivity contribution >= 4 is 17.3 Å². The van der Waals surface area contributed by atoms with Crippen molar-refractivity contribution in [3.63, 3.8) is 0 Å². The maximum absolute atomic E-state index is 13.1. The van der Waals surface area contributed by atoms with Crippen LogP contribution in [-0.2, 0) is 0 Å². The number of allylic oxidation sites excluding steroid dienone is 1. The SMILES string of the molecule is Cc1[nH]nc2c1C(c1ccccc1)C1=C(N2)c2ccccc2C1=O. The fourth-order valence-electron chi connectivity index (χ4n) is 3.84. The third-order valence-electron chi connectivity index (χ3n) is 4.90. The van der Waals surface area contributed by atoms with E-state index in [2.05, 4.69) is 27.6 Å². The number of aromatic amines is 1. The molecule has 0 amide bonds. The molecule has 1 aliphatic heterocycles. The van der Waals surface area contributed by atoms with Gasteiger partial charge in [-0.3, -0.25) is 9.89 Å². The number of aryl methyl sites for hydroxylation is 1. The fraction of sp³-hybridized carbons (Fsp3) is 0.100. The second-order valence-corrected chi connectivity index (χ2v) is 6.24. The minimum Gasteiger partial charge on any atom is -0.338 e. The van der Waals surface area contributed by atoms with Crippen molar-refractivity contribution in [2.24, 2.45) is 0 Å². The lowest BCUT2D eigenvalue weighted by molar-refractivity contribution is 0.103. The molecule has 0 radical (unpaired) electrons. The van der Waals surface area contributed by atoms with E-state index in [1.165, 1.54) is 0 Å². The Morgan fingerprint density at radius 3 is 2.46 bits per heavy atom. The summed E-state index contributed by atoms with van der Waals surface area (Å²) in [5, 5.41) is 10.8.